The van der Waals surface area contributed by atoms with E-state index in [-0.39, 0.29) is 29.9 Å². The van der Waals surface area contributed by atoms with E-state index in [0.29, 0.717) is 24.9 Å². The van der Waals surface area contributed by atoms with Crippen LogP contribution < -0.4 is 0 Å². The molecule has 1 aliphatic carbocycles. The van der Waals surface area contributed by atoms with E-state index in [9.17, 15) is 14.7 Å². The number of amides is 2. The molecule has 1 N–H and O–H groups in total. The Kier molecular flexibility index (Phi) is 5.13. The molecule has 5 heteroatoms. The van der Waals surface area contributed by atoms with Crippen LogP contribution in [-0.4, -0.2) is 59.0 Å². The van der Waals surface area contributed by atoms with Crippen molar-refractivity contribution in [3.05, 3.63) is 34.9 Å². The quantitative estimate of drug-likeness (QED) is 0.914. The Bertz CT molecular complexity index is 667. The molecule has 0 spiro atoms. The molecule has 136 valence electrons. The fourth-order valence-corrected chi connectivity index (χ4v) is 3.76. The van der Waals surface area contributed by atoms with Crippen molar-refractivity contribution >= 4 is 11.8 Å². The van der Waals surface area contributed by atoms with Crippen LogP contribution in [-0.2, 0) is 4.79 Å². The van der Waals surface area contributed by atoms with Gasteiger partial charge in [-0.05, 0) is 62.8 Å². The van der Waals surface area contributed by atoms with Crippen LogP contribution >= 0.6 is 0 Å². The average Bonchev–Trinajstić information content (AvgIpc) is 2.59. The number of nitrogens with zero attached hydrogens (tertiary/aromatic N) is 2. The van der Waals surface area contributed by atoms with Gasteiger partial charge in [-0.15, -0.1) is 0 Å². The number of aliphatic hydroxyl groups is 1. The van der Waals surface area contributed by atoms with Crippen LogP contribution in [0.5, 0.6) is 0 Å². The summed E-state index contributed by atoms with van der Waals surface area (Å²) in [5.41, 5.74) is 3.00. The molecular formula is C20H28N2O3. The molecule has 2 amide bonds. The van der Waals surface area contributed by atoms with Crippen LogP contribution in [0.25, 0.3) is 0 Å². The number of aryl methyl sites for hydroxylation is 2. The molecular weight excluding hydrogens is 316 g/mol. The molecule has 5 nitrogen and oxygen atoms in total. The number of carbonyl (C=O) groups is 2. The van der Waals surface area contributed by atoms with Crippen LogP contribution in [0.1, 0.15) is 47.2 Å². The summed E-state index contributed by atoms with van der Waals surface area (Å²) in [5.74, 6) is 0.123. The highest BCUT2D eigenvalue weighted by atomic mass is 16.3. The van der Waals surface area contributed by atoms with E-state index in [2.05, 4.69) is 0 Å². The van der Waals surface area contributed by atoms with Crippen LogP contribution in [0, 0.1) is 19.8 Å². The minimum Gasteiger partial charge on any atom is -0.393 e. The first-order chi connectivity index (χ1) is 11.9. The van der Waals surface area contributed by atoms with Gasteiger partial charge in [-0.25, -0.2) is 0 Å². The largest absolute Gasteiger partial charge is 0.393 e. The summed E-state index contributed by atoms with van der Waals surface area (Å²) >= 11 is 0. The SMILES string of the molecule is Cc1ccc(C(=O)N(C)C2CCCN(C(=O)C3CC(O)C3)C2)cc1C. The van der Waals surface area contributed by atoms with Gasteiger partial charge in [0.05, 0.1) is 6.10 Å². The normalized spacial score (nSPS) is 26.1. The molecule has 0 aromatic heterocycles. The number of rotatable bonds is 3. The molecule has 3 rings (SSSR count). The molecule has 1 heterocycles. The lowest BCUT2D eigenvalue weighted by molar-refractivity contribution is -0.144. The number of carbonyl (C=O) groups excluding carboxylic acids is 2. The highest BCUT2D eigenvalue weighted by Crippen LogP contribution is 2.30. The van der Waals surface area contributed by atoms with E-state index in [4.69, 9.17) is 0 Å². The fraction of sp³-hybridized carbons (Fsp3) is 0.600. The lowest BCUT2D eigenvalue weighted by Gasteiger charge is -2.41. The molecule has 1 saturated carbocycles. The Morgan fingerprint density at radius 1 is 1.20 bits per heavy atom. The molecule has 1 aliphatic heterocycles. The standard InChI is InChI=1S/C20H28N2O3/c1-13-6-7-15(9-14(13)2)19(24)21(3)17-5-4-8-22(12-17)20(25)16-10-18(23)11-16/h6-7,9,16-18,23H,4-5,8,10-12H2,1-3H3. The maximum atomic E-state index is 12.8. The van der Waals surface area contributed by atoms with E-state index in [0.717, 1.165) is 24.9 Å². The Balaban J connectivity index is 1.64. The van der Waals surface area contributed by atoms with Gasteiger partial charge in [0.25, 0.3) is 5.91 Å². The van der Waals surface area contributed by atoms with E-state index in [1.165, 1.54) is 5.56 Å². The average molecular weight is 344 g/mol. The van der Waals surface area contributed by atoms with Crippen molar-refractivity contribution in [3.63, 3.8) is 0 Å². The molecule has 2 aliphatic rings. The molecule has 1 saturated heterocycles. The summed E-state index contributed by atoms with van der Waals surface area (Å²) in [6, 6.07) is 5.85. The van der Waals surface area contributed by atoms with Crippen LogP contribution in [0.15, 0.2) is 18.2 Å². The van der Waals surface area contributed by atoms with Gasteiger partial charge in [-0.3, -0.25) is 9.59 Å². The molecule has 0 bridgehead atoms. The smallest absolute Gasteiger partial charge is 0.253 e. The van der Waals surface area contributed by atoms with Crippen molar-refractivity contribution in [2.45, 2.75) is 51.7 Å². The highest BCUT2D eigenvalue weighted by molar-refractivity contribution is 5.94. The molecule has 1 aromatic carbocycles. The van der Waals surface area contributed by atoms with Gasteiger partial charge in [0.15, 0.2) is 0 Å². The van der Waals surface area contributed by atoms with Gasteiger partial charge in [-0.2, -0.15) is 0 Å². The molecule has 1 aromatic rings. The second-order valence-electron chi connectivity index (χ2n) is 7.62. The van der Waals surface area contributed by atoms with Crippen molar-refractivity contribution in [2.24, 2.45) is 5.92 Å². The molecule has 2 fully saturated rings. The maximum absolute atomic E-state index is 12.8. The Morgan fingerprint density at radius 2 is 1.92 bits per heavy atom. The Hall–Kier alpha value is -1.88. The first-order valence-corrected chi connectivity index (χ1v) is 9.18. The topological polar surface area (TPSA) is 60.9 Å². The van der Waals surface area contributed by atoms with Crippen molar-refractivity contribution < 1.29 is 14.7 Å². The second-order valence-corrected chi connectivity index (χ2v) is 7.62. The summed E-state index contributed by atoms with van der Waals surface area (Å²) in [7, 11) is 1.84. The van der Waals surface area contributed by atoms with Crippen molar-refractivity contribution in [2.75, 3.05) is 20.1 Å². The predicted molar refractivity (Wildman–Crippen MR) is 96.3 cm³/mol. The summed E-state index contributed by atoms with van der Waals surface area (Å²) in [5, 5.41) is 9.42. The third kappa shape index (κ3) is 3.71. The van der Waals surface area contributed by atoms with Gasteiger partial charge in [0.1, 0.15) is 0 Å². The summed E-state index contributed by atoms with van der Waals surface area (Å²) < 4.78 is 0. The third-order valence-electron chi connectivity index (χ3n) is 5.79. The van der Waals surface area contributed by atoms with Crippen molar-refractivity contribution in [3.8, 4) is 0 Å². The third-order valence-corrected chi connectivity index (χ3v) is 5.79. The summed E-state index contributed by atoms with van der Waals surface area (Å²) in [6.07, 6.45) is 2.68. The first kappa shape index (κ1) is 17.9. The number of benzene rings is 1. The first-order valence-electron chi connectivity index (χ1n) is 9.18. The number of hydrogen-bond acceptors (Lipinski definition) is 3. The van der Waals surface area contributed by atoms with Gasteiger partial charge < -0.3 is 14.9 Å². The monoisotopic (exact) mass is 344 g/mol. The number of piperidine rings is 1. The minimum absolute atomic E-state index is 0.0152. The van der Waals surface area contributed by atoms with E-state index < -0.39 is 0 Å². The Labute approximate surface area is 149 Å². The van der Waals surface area contributed by atoms with Gasteiger partial charge in [-0.1, -0.05) is 6.07 Å². The van der Waals surface area contributed by atoms with Gasteiger partial charge in [0, 0.05) is 37.7 Å². The fourth-order valence-electron chi connectivity index (χ4n) is 3.76. The lowest BCUT2D eigenvalue weighted by Crippen LogP contribution is -2.53. The van der Waals surface area contributed by atoms with Gasteiger partial charge in [0.2, 0.25) is 5.91 Å². The summed E-state index contributed by atoms with van der Waals surface area (Å²) in [6.45, 7) is 5.40. The molecule has 25 heavy (non-hydrogen) atoms. The lowest BCUT2D eigenvalue weighted by atomic mass is 9.81. The summed E-state index contributed by atoms with van der Waals surface area (Å²) in [4.78, 5) is 29.0. The van der Waals surface area contributed by atoms with E-state index in [1.807, 2.05) is 44.0 Å². The van der Waals surface area contributed by atoms with Gasteiger partial charge >= 0.3 is 0 Å². The molecule has 1 atom stereocenters. The number of likely N-dealkylation sites (tertiary alicyclic amines) is 1. The second kappa shape index (κ2) is 7.16. The number of likely N-dealkylation sites (N-methyl/N-ethyl adjacent to an activating group) is 1. The van der Waals surface area contributed by atoms with Crippen molar-refractivity contribution in [1.29, 1.82) is 0 Å². The molecule has 1 unspecified atom stereocenters. The van der Waals surface area contributed by atoms with Crippen LogP contribution in [0.3, 0.4) is 0 Å². The highest BCUT2D eigenvalue weighted by Gasteiger charge is 2.38. The zero-order valence-corrected chi connectivity index (χ0v) is 15.4. The minimum atomic E-state index is -0.316. The zero-order valence-electron chi connectivity index (χ0n) is 15.4. The number of hydrogen-bond donors (Lipinski definition) is 1. The van der Waals surface area contributed by atoms with Crippen molar-refractivity contribution in [1.82, 2.24) is 9.80 Å². The van der Waals surface area contributed by atoms with E-state index in [1.54, 1.807) is 4.90 Å². The van der Waals surface area contributed by atoms with E-state index >= 15 is 0 Å². The maximum Gasteiger partial charge on any atom is 0.253 e. The molecule has 0 radical (unpaired) electrons. The predicted octanol–water partition coefficient (Wildman–Crippen LogP) is 2.14. The zero-order chi connectivity index (χ0) is 18.1. The number of aliphatic hydroxyl groups excluding tert-OH is 1. The van der Waals surface area contributed by atoms with Crippen LogP contribution in [0.2, 0.25) is 0 Å². The van der Waals surface area contributed by atoms with Crippen LogP contribution in [0.4, 0.5) is 0 Å². The Morgan fingerprint density at radius 3 is 2.56 bits per heavy atom.